The number of aromatic nitrogens is 2. The summed E-state index contributed by atoms with van der Waals surface area (Å²) in [6.07, 6.45) is 4.15. The maximum atomic E-state index is 5.68. The molecule has 0 unspecified atom stereocenters. The molecule has 0 amide bonds. The van der Waals surface area contributed by atoms with Gasteiger partial charge in [0.25, 0.3) is 0 Å². The molecule has 0 atom stereocenters. The van der Waals surface area contributed by atoms with Crippen LogP contribution < -0.4 is 5.32 Å². The third-order valence-electron chi connectivity index (χ3n) is 3.70. The zero-order chi connectivity index (χ0) is 14.6. The topological polar surface area (TPSA) is 56.3 Å². The number of rotatable bonds is 7. The Labute approximate surface area is 128 Å². The van der Waals surface area contributed by atoms with E-state index in [9.17, 15) is 0 Å². The number of nitrogens with one attached hydrogen (secondary N) is 1. The van der Waals surface area contributed by atoms with Gasteiger partial charge in [-0.3, -0.25) is 0 Å². The second kappa shape index (κ2) is 6.83. The largest absolute Gasteiger partial charge is 0.378 e. The molecule has 1 N–H and O–H groups in total. The van der Waals surface area contributed by atoms with Gasteiger partial charge in [0.2, 0.25) is 0 Å². The third kappa shape index (κ3) is 2.97. The van der Waals surface area contributed by atoms with E-state index >= 15 is 0 Å². The summed E-state index contributed by atoms with van der Waals surface area (Å²) >= 11 is 3.57. The Kier molecular flexibility index (Phi) is 5.35. The van der Waals surface area contributed by atoms with Crippen molar-refractivity contribution >= 4 is 21.7 Å². The Balaban J connectivity index is 2.38. The standard InChI is InChI=1S/C14H22BrN3O2/c1-4-8-16-12-11(15)10(9-19-2)17-13(18-12)14(20-3)6-5-7-14/h4-9H2,1-3H3,(H,16,17,18). The van der Waals surface area contributed by atoms with Crippen LogP contribution in [-0.2, 0) is 21.7 Å². The molecule has 112 valence electrons. The first kappa shape index (κ1) is 15.7. The molecule has 1 fully saturated rings. The van der Waals surface area contributed by atoms with Crippen molar-refractivity contribution in [2.45, 2.75) is 44.8 Å². The van der Waals surface area contributed by atoms with Crippen LogP contribution >= 0.6 is 15.9 Å². The molecular weight excluding hydrogens is 322 g/mol. The molecule has 0 radical (unpaired) electrons. The lowest BCUT2D eigenvalue weighted by Crippen LogP contribution is -2.38. The zero-order valence-corrected chi connectivity index (χ0v) is 13.9. The number of nitrogens with zero attached hydrogens (tertiary/aromatic N) is 2. The van der Waals surface area contributed by atoms with Gasteiger partial charge in [0.05, 0.1) is 16.8 Å². The van der Waals surface area contributed by atoms with Crippen molar-refractivity contribution in [3.8, 4) is 0 Å². The molecule has 1 aromatic rings. The first-order chi connectivity index (χ1) is 9.66. The minimum Gasteiger partial charge on any atom is -0.378 e. The summed E-state index contributed by atoms with van der Waals surface area (Å²) in [5, 5.41) is 3.34. The number of ether oxygens (including phenoxy) is 2. The summed E-state index contributed by atoms with van der Waals surface area (Å²) in [4.78, 5) is 9.32. The fraction of sp³-hybridized carbons (Fsp3) is 0.714. The highest BCUT2D eigenvalue weighted by Crippen LogP contribution is 2.43. The second-order valence-corrected chi connectivity index (χ2v) is 5.86. The Morgan fingerprint density at radius 1 is 1.30 bits per heavy atom. The molecular formula is C14H22BrN3O2. The summed E-state index contributed by atoms with van der Waals surface area (Å²) in [7, 11) is 3.41. The molecule has 20 heavy (non-hydrogen) atoms. The molecule has 1 aliphatic rings. The van der Waals surface area contributed by atoms with Gasteiger partial charge in [-0.15, -0.1) is 0 Å². The summed E-state index contributed by atoms with van der Waals surface area (Å²) in [6.45, 7) is 3.46. The molecule has 0 spiro atoms. The lowest BCUT2D eigenvalue weighted by atomic mass is 9.79. The molecule has 1 aliphatic carbocycles. The van der Waals surface area contributed by atoms with Gasteiger partial charge in [-0.2, -0.15) is 0 Å². The van der Waals surface area contributed by atoms with Crippen molar-refractivity contribution in [2.75, 3.05) is 26.1 Å². The Morgan fingerprint density at radius 3 is 2.55 bits per heavy atom. The number of hydrogen-bond donors (Lipinski definition) is 1. The van der Waals surface area contributed by atoms with E-state index in [2.05, 4.69) is 38.1 Å². The van der Waals surface area contributed by atoms with Crippen LogP contribution in [0.2, 0.25) is 0 Å². The summed E-state index contributed by atoms with van der Waals surface area (Å²) in [6, 6.07) is 0. The van der Waals surface area contributed by atoms with Crippen LogP contribution in [0.15, 0.2) is 4.47 Å². The molecule has 1 aromatic heterocycles. The quantitative estimate of drug-likeness (QED) is 0.823. The van der Waals surface area contributed by atoms with Crippen LogP contribution in [0.3, 0.4) is 0 Å². The summed E-state index contributed by atoms with van der Waals surface area (Å²) < 4.78 is 11.8. The van der Waals surface area contributed by atoms with Crippen molar-refractivity contribution in [3.05, 3.63) is 16.0 Å². The second-order valence-electron chi connectivity index (χ2n) is 5.07. The first-order valence-corrected chi connectivity index (χ1v) is 7.81. The summed E-state index contributed by atoms with van der Waals surface area (Å²) in [5.41, 5.74) is 0.547. The number of halogens is 1. The Morgan fingerprint density at radius 2 is 2.05 bits per heavy atom. The van der Waals surface area contributed by atoms with Crippen LogP contribution in [-0.4, -0.2) is 30.7 Å². The van der Waals surface area contributed by atoms with Crippen LogP contribution in [0, 0.1) is 0 Å². The van der Waals surface area contributed by atoms with Gasteiger partial charge in [0.15, 0.2) is 5.82 Å². The lowest BCUT2D eigenvalue weighted by Gasteiger charge is -2.39. The highest BCUT2D eigenvalue weighted by Gasteiger charge is 2.42. The van der Waals surface area contributed by atoms with Gasteiger partial charge < -0.3 is 14.8 Å². The summed E-state index contributed by atoms with van der Waals surface area (Å²) in [5.74, 6) is 1.59. The predicted molar refractivity (Wildman–Crippen MR) is 81.8 cm³/mol. The third-order valence-corrected chi connectivity index (χ3v) is 4.54. The minimum atomic E-state index is -0.314. The average Bonchev–Trinajstić information content (AvgIpc) is 2.40. The highest BCUT2D eigenvalue weighted by atomic mass is 79.9. The van der Waals surface area contributed by atoms with Crippen molar-refractivity contribution in [2.24, 2.45) is 0 Å². The first-order valence-electron chi connectivity index (χ1n) is 7.01. The van der Waals surface area contributed by atoms with Gasteiger partial charge in [0, 0.05) is 20.8 Å². The smallest absolute Gasteiger partial charge is 0.163 e. The van der Waals surface area contributed by atoms with E-state index in [-0.39, 0.29) is 5.60 Å². The maximum absolute atomic E-state index is 5.68. The maximum Gasteiger partial charge on any atom is 0.163 e. The molecule has 2 rings (SSSR count). The van der Waals surface area contributed by atoms with E-state index in [0.29, 0.717) is 6.61 Å². The van der Waals surface area contributed by atoms with Crippen molar-refractivity contribution < 1.29 is 9.47 Å². The van der Waals surface area contributed by atoms with Gasteiger partial charge in [0.1, 0.15) is 11.4 Å². The number of anilines is 1. The van der Waals surface area contributed by atoms with Gasteiger partial charge in [-0.25, -0.2) is 9.97 Å². The molecule has 1 heterocycles. The molecule has 0 aromatic carbocycles. The monoisotopic (exact) mass is 343 g/mol. The van der Waals surface area contributed by atoms with E-state index in [1.165, 1.54) is 0 Å². The van der Waals surface area contributed by atoms with Gasteiger partial charge >= 0.3 is 0 Å². The minimum absolute atomic E-state index is 0.314. The van der Waals surface area contributed by atoms with E-state index in [1.54, 1.807) is 14.2 Å². The average molecular weight is 344 g/mol. The Hall–Kier alpha value is -0.720. The highest BCUT2D eigenvalue weighted by molar-refractivity contribution is 9.10. The fourth-order valence-electron chi connectivity index (χ4n) is 2.31. The van der Waals surface area contributed by atoms with Crippen molar-refractivity contribution in [1.29, 1.82) is 0 Å². The van der Waals surface area contributed by atoms with Crippen LogP contribution in [0.1, 0.15) is 44.1 Å². The van der Waals surface area contributed by atoms with Crippen LogP contribution in [0.4, 0.5) is 5.82 Å². The molecule has 0 bridgehead atoms. The molecule has 0 saturated heterocycles. The van der Waals surface area contributed by atoms with Crippen molar-refractivity contribution in [1.82, 2.24) is 9.97 Å². The predicted octanol–water partition coefficient (Wildman–Crippen LogP) is 3.23. The molecule has 5 nitrogen and oxygen atoms in total. The number of hydrogen-bond acceptors (Lipinski definition) is 5. The Bertz CT molecular complexity index is 458. The van der Waals surface area contributed by atoms with Crippen molar-refractivity contribution in [3.63, 3.8) is 0 Å². The van der Waals surface area contributed by atoms with Gasteiger partial charge in [-0.1, -0.05) is 6.92 Å². The van der Waals surface area contributed by atoms with E-state index in [0.717, 1.165) is 54.0 Å². The van der Waals surface area contributed by atoms with Crippen LogP contribution in [0.5, 0.6) is 0 Å². The number of methoxy groups -OCH3 is 2. The lowest BCUT2D eigenvalue weighted by molar-refractivity contribution is -0.0848. The molecule has 6 heteroatoms. The fourth-order valence-corrected chi connectivity index (χ4v) is 2.74. The zero-order valence-electron chi connectivity index (χ0n) is 12.3. The van der Waals surface area contributed by atoms with Crippen LogP contribution in [0.25, 0.3) is 0 Å². The molecule has 1 saturated carbocycles. The molecule has 0 aliphatic heterocycles. The van der Waals surface area contributed by atoms with E-state index in [1.807, 2.05) is 0 Å². The van der Waals surface area contributed by atoms with E-state index < -0.39 is 0 Å². The van der Waals surface area contributed by atoms with E-state index in [4.69, 9.17) is 9.47 Å². The normalized spacial score (nSPS) is 16.8. The SMILES string of the molecule is CCCNc1nc(C2(OC)CCC2)nc(COC)c1Br. The van der Waals surface area contributed by atoms with Gasteiger partial charge in [-0.05, 0) is 41.6 Å².